The number of carbonyl (C=O) groups is 1. The van der Waals surface area contributed by atoms with E-state index in [2.05, 4.69) is 26.1 Å². The van der Waals surface area contributed by atoms with Crippen molar-refractivity contribution in [1.82, 2.24) is 5.32 Å². The standard InChI is InChI=1S/C26H28FNO3/c1-26(2,3)21-12-10-19(11-13-21)25(29)28-16-18-9-14-23(24(15-18)30-4)31-17-20-7-5-6-8-22(20)27/h5-15H,16-17H2,1-4H3,(H,28,29). The van der Waals surface area contributed by atoms with Gasteiger partial charge in [0.1, 0.15) is 12.4 Å². The van der Waals surface area contributed by atoms with Crippen LogP contribution in [0.5, 0.6) is 11.5 Å². The first-order valence-corrected chi connectivity index (χ1v) is 10.2. The van der Waals surface area contributed by atoms with Gasteiger partial charge in [-0.05, 0) is 46.9 Å². The average Bonchev–Trinajstić information content (AvgIpc) is 2.76. The second-order valence-corrected chi connectivity index (χ2v) is 8.38. The Balaban J connectivity index is 1.62. The molecule has 3 aromatic carbocycles. The molecule has 0 spiro atoms. The summed E-state index contributed by atoms with van der Waals surface area (Å²) in [5, 5.41) is 2.92. The Morgan fingerprint density at radius 1 is 0.968 bits per heavy atom. The highest BCUT2D eigenvalue weighted by atomic mass is 19.1. The monoisotopic (exact) mass is 421 g/mol. The molecule has 1 N–H and O–H groups in total. The molecule has 0 aliphatic carbocycles. The molecule has 0 aliphatic heterocycles. The van der Waals surface area contributed by atoms with Gasteiger partial charge in [-0.3, -0.25) is 4.79 Å². The molecule has 0 fully saturated rings. The van der Waals surface area contributed by atoms with Crippen LogP contribution in [-0.4, -0.2) is 13.0 Å². The molecule has 3 aromatic rings. The van der Waals surface area contributed by atoms with Gasteiger partial charge in [-0.25, -0.2) is 4.39 Å². The van der Waals surface area contributed by atoms with Crippen LogP contribution < -0.4 is 14.8 Å². The van der Waals surface area contributed by atoms with Crippen LogP contribution >= 0.6 is 0 Å². The fourth-order valence-corrected chi connectivity index (χ4v) is 3.12. The van der Waals surface area contributed by atoms with E-state index in [4.69, 9.17) is 9.47 Å². The molecule has 0 heterocycles. The van der Waals surface area contributed by atoms with E-state index in [9.17, 15) is 9.18 Å². The van der Waals surface area contributed by atoms with Crippen molar-refractivity contribution in [2.24, 2.45) is 0 Å². The lowest BCUT2D eigenvalue weighted by Gasteiger charge is -2.19. The summed E-state index contributed by atoms with van der Waals surface area (Å²) in [6.07, 6.45) is 0. The Kier molecular flexibility index (Phi) is 6.95. The van der Waals surface area contributed by atoms with Gasteiger partial charge in [-0.15, -0.1) is 0 Å². The summed E-state index contributed by atoms with van der Waals surface area (Å²) in [7, 11) is 1.55. The Morgan fingerprint density at radius 3 is 2.32 bits per heavy atom. The number of hydrogen-bond acceptors (Lipinski definition) is 3. The number of methoxy groups -OCH3 is 1. The van der Waals surface area contributed by atoms with E-state index in [1.165, 1.54) is 11.6 Å². The van der Waals surface area contributed by atoms with Gasteiger partial charge < -0.3 is 14.8 Å². The second-order valence-electron chi connectivity index (χ2n) is 8.38. The van der Waals surface area contributed by atoms with Crippen molar-refractivity contribution < 1.29 is 18.7 Å². The van der Waals surface area contributed by atoms with Gasteiger partial charge in [0, 0.05) is 17.7 Å². The predicted octanol–water partition coefficient (Wildman–Crippen LogP) is 5.64. The topological polar surface area (TPSA) is 47.6 Å². The first-order chi connectivity index (χ1) is 14.8. The van der Waals surface area contributed by atoms with E-state index in [0.717, 1.165) is 5.56 Å². The van der Waals surface area contributed by atoms with Crippen LogP contribution in [-0.2, 0) is 18.6 Å². The highest BCUT2D eigenvalue weighted by Crippen LogP contribution is 2.29. The van der Waals surface area contributed by atoms with Gasteiger partial charge in [-0.1, -0.05) is 57.2 Å². The predicted molar refractivity (Wildman–Crippen MR) is 120 cm³/mol. The summed E-state index contributed by atoms with van der Waals surface area (Å²) in [4.78, 5) is 12.5. The summed E-state index contributed by atoms with van der Waals surface area (Å²) < 4.78 is 24.9. The van der Waals surface area contributed by atoms with E-state index >= 15 is 0 Å². The summed E-state index contributed by atoms with van der Waals surface area (Å²) in [6, 6.07) is 19.6. The third-order valence-corrected chi connectivity index (χ3v) is 5.04. The van der Waals surface area contributed by atoms with E-state index in [1.54, 1.807) is 37.4 Å². The van der Waals surface area contributed by atoms with Crippen molar-refractivity contribution in [3.8, 4) is 11.5 Å². The van der Waals surface area contributed by atoms with E-state index in [0.29, 0.717) is 29.2 Å². The van der Waals surface area contributed by atoms with Crippen molar-refractivity contribution in [2.75, 3.05) is 7.11 Å². The Bertz CT molecular complexity index is 1040. The first kappa shape index (κ1) is 22.3. The largest absolute Gasteiger partial charge is 0.493 e. The second kappa shape index (κ2) is 9.65. The number of benzene rings is 3. The van der Waals surface area contributed by atoms with E-state index in [1.807, 2.05) is 30.3 Å². The maximum absolute atomic E-state index is 13.8. The maximum Gasteiger partial charge on any atom is 0.251 e. The number of nitrogens with one attached hydrogen (secondary N) is 1. The first-order valence-electron chi connectivity index (χ1n) is 10.2. The molecule has 3 rings (SSSR count). The van der Waals surface area contributed by atoms with Crippen LogP contribution in [0, 0.1) is 5.82 Å². The van der Waals surface area contributed by atoms with Gasteiger partial charge in [0.2, 0.25) is 0 Å². The van der Waals surface area contributed by atoms with Gasteiger partial charge in [-0.2, -0.15) is 0 Å². The molecule has 5 heteroatoms. The molecule has 0 saturated carbocycles. The highest BCUT2D eigenvalue weighted by Gasteiger charge is 2.14. The van der Waals surface area contributed by atoms with Crippen LogP contribution in [0.1, 0.15) is 47.8 Å². The Labute approximate surface area is 183 Å². The molecule has 0 saturated heterocycles. The van der Waals surface area contributed by atoms with Gasteiger partial charge in [0.25, 0.3) is 5.91 Å². The Hall–Kier alpha value is -3.34. The number of rotatable bonds is 7. The molecule has 31 heavy (non-hydrogen) atoms. The Morgan fingerprint density at radius 2 is 1.68 bits per heavy atom. The molecule has 0 aromatic heterocycles. The summed E-state index contributed by atoms with van der Waals surface area (Å²) in [5.41, 5.74) is 3.18. The van der Waals surface area contributed by atoms with Crippen molar-refractivity contribution in [3.63, 3.8) is 0 Å². The molecule has 0 radical (unpaired) electrons. The maximum atomic E-state index is 13.8. The lowest BCUT2D eigenvalue weighted by Crippen LogP contribution is -2.23. The quantitative estimate of drug-likeness (QED) is 0.537. The zero-order valence-electron chi connectivity index (χ0n) is 18.4. The van der Waals surface area contributed by atoms with Crippen LogP contribution in [0.2, 0.25) is 0 Å². The molecule has 0 aliphatic rings. The average molecular weight is 422 g/mol. The van der Waals surface area contributed by atoms with Gasteiger partial charge >= 0.3 is 0 Å². The molecule has 0 atom stereocenters. The lowest BCUT2D eigenvalue weighted by atomic mass is 9.87. The minimum absolute atomic E-state index is 0.0433. The van der Waals surface area contributed by atoms with Crippen LogP contribution in [0.4, 0.5) is 4.39 Å². The number of ether oxygens (including phenoxy) is 2. The van der Waals surface area contributed by atoms with Crippen molar-refractivity contribution >= 4 is 5.91 Å². The molecular formula is C26H28FNO3. The third-order valence-electron chi connectivity index (χ3n) is 5.04. The molecule has 0 bridgehead atoms. The number of carbonyl (C=O) groups excluding carboxylic acids is 1. The fourth-order valence-electron chi connectivity index (χ4n) is 3.12. The number of hydrogen-bond donors (Lipinski definition) is 1. The summed E-state index contributed by atoms with van der Waals surface area (Å²) >= 11 is 0. The van der Waals surface area contributed by atoms with Gasteiger partial charge in [0.15, 0.2) is 11.5 Å². The number of amides is 1. The van der Waals surface area contributed by atoms with Gasteiger partial charge in [0.05, 0.1) is 7.11 Å². The lowest BCUT2D eigenvalue weighted by molar-refractivity contribution is 0.0951. The summed E-state index contributed by atoms with van der Waals surface area (Å²) in [6.45, 7) is 6.87. The zero-order chi connectivity index (χ0) is 22.4. The molecular weight excluding hydrogens is 393 g/mol. The smallest absolute Gasteiger partial charge is 0.251 e. The molecule has 1 amide bonds. The number of halogens is 1. The van der Waals surface area contributed by atoms with E-state index < -0.39 is 0 Å². The van der Waals surface area contributed by atoms with Crippen LogP contribution in [0.25, 0.3) is 0 Å². The fraction of sp³-hybridized carbons (Fsp3) is 0.269. The minimum atomic E-state index is -0.309. The molecule has 4 nitrogen and oxygen atoms in total. The highest BCUT2D eigenvalue weighted by molar-refractivity contribution is 5.94. The molecule has 162 valence electrons. The van der Waals surface area contributed by atoms with E-state index in [-0.39, 0.29) is 23.7 Å². The van der Waals surface area contributed by atoms with Crippen molar-refractivity contribution in [1.29, 1.82) is 0 Å². The SMILES string of the molecule is COc1cc(CNC(=O)c2ccc(C(C)(C)C)cc2)ccc1OCc1ccccc1F. The zero-order valence-corrected chi connectivity index (χ0v) is 18.4. The molecule has 0 unspecified atom stereocenters. The normalized spacial score (nSPS) is 11.1. The summed E-state index contributed by atoms with van der Waals surface area (Å²) in [5.74, 6) is 0.590. The third kappa shape index (κ3) is 5.85. The van der Waals surface area contributed by atoms with Crippen molar-refractivity contribution in [3.05, 3.63) is 94.8 Å². The van der Waals surface area contributed by atoms with Crippen LogP contribution in [0.3, 0.4) is 0 Å². The minimum Gasteiger partial charge on any atom is -0.493 e. The van der Waals surface area contributed by atoms with Crippen molar-refractivity contribution in [2.45, 2.75) is 39.3 Å². The van der Waals surface area contributed by atoms with Crippen LogP contribution in [0.15, 0.2) is 66.7 Å².